The molecule has 0 saturated heterocycles. The molecule has 8 heteroatoms. The molecule has 3 aromatic rings. The predicted octanol–water partition coefficient (Wildman–Crippen LogP) is 2.83. The number of hydrogen-bond donors (Lipinski definition) is 3. The number of aromatic nitrogens is 1. The molecule has 1 amide bonds. The first-order valence-electron chi connectivity index (χ1n) is 9.27. The maximum absolute atomic E-state index is 12.4. The molecule has 0 saturated carbocycles. The Bertz CT molecular complexity index is 1060. The molecule has 1 aromatic heterocycles. The lowest BCUT2D eigenvalue weighted by Crippen LogP contribution is -2.38. The average molecular weight is 409 g/mol. The fourth-order valence-corrected chi connectivity index (χ4v) is 2.91. The second-order valence-corrected chi connectivity index (χ2v) is 6.53. The van der Waals surface area contributed by atoms with Crippen molar-refractivity contribution in [3.63, 3.8) is 0 Å². The molecule has 4 N–H and O–H groups in total. The van der Waals surface area contributed by atoms with Crippen LogP contribution in [0.3, 0.4) is 0 Å². The second-order valence-electron chi connectivity index (χ2n) is 6.53. The molecule has 0 radical (unpaired) electrons. The van der Waals surface area contributed by atoms with E-state index in [0.717, 1.165) is 16.6 Å². The van der Waals surface area contributed by atoms with E-state index in [4.69, 9.17) is 20.1 Å². The lowest BCUT2D eigenvalue weighted by molar-refractivity contribution is -0.191. The van der Waals surface area contributed by atoms with Crippen molar-refractivity contribution in [1.82, 2.24) is 10.3 Å². The van der Waals surface area contributed by atoms with Gasteiger partial charge in [-0.1, -0.05) is 19.1 Å². The Hall–Kier alpha value is -3.90. The second kappa shape index (κ2) is 10.6. The fourth-order valence-electron chi connectivity index (χ4n) is 2.91. The molecular weight excluding hydrogens is 386 g/mol. The molecule has 2 aromatic carbocycles. The Balaban J connectivity index is 0.00000101. The Morgan fingerprint density at radius 3 is 2.60 bits per heavy atom. The lowest BCUT2D eigenvalue weighted by Gasteiger charge is -2.19. The van der Waals surface area contributed by atoms with Crippen molar-refractivity contribution in [3.8, 4) is 11.5 Å². The lowest BCUT2D eigenvalue weighted by atomic mass is 10.1. The van der Waals surface area contributed by atoms with Crippen LogP contribution in [0.2, 0.25) is 0 Å². The Labute approximate surface area is 173 Å². The van der Waals surface area contributed by atoms with Crippen LogP contribution < -0.4 is 15.8 Å². The maximum Gasteiger partial charge on any atom is 0.373 e. The van der Waals surface area contributed by atoms with Gasteiger partial charge < -0.3 is 20.9 Å². The van der Waals surface area contributed by atoms with E-state index in [0.29, 0.717) is 30.0 Å². The molecule has 8 nitrogen and oxygen atoms in total. The Kier molecular flexibility index (Phi) is 7.90. The Morgan fingerprint density at radius 2 is 1.93 bits per heavy atom. The van der Waals surface area contributed by atoms with Gasteiger partial charge in [-0.3, -0.25) is 9.78 Å². The maximum atomic E-state index is 12.4. The number of nitrogens with zero attached hydrogens (tertiary/aromatic N) is 1. The quantitative estimate of drug-likeness (QED) is 0.570. The molecule has 0 spiro atoms. The van der Waals surface area contributed by atoms with Crippen molar-refractivity contribution in [2.45, 2.75) is 26.3 Å². The van der Waals surface area contributed by atoms with Gasteiger partial charge in [0.1, 0.15) is 18.1 Å². The molecule has 0 bridgehead atoms. The number of amides is 1. The highest BCUT2D eigenvalue weighted by Crippen LogP contribution is 2.30. The minimum atomic E-state index is -0.254. The number of nitrogens with one attached hydrogen (secondary N) is 1. The summed E-state index contributed by atoms with van der Waals surface area (Å²) in [7, 11) is 0. The van der Waals surface area contributed by atoms with E-state index in [2.05, 4.69) is 10.3 Å². The number of carbonyl (C=O) groups excluding carboxylic acids is 3. The van der Waals surface area contributed by atoms with Crippen molar-refractivity contribution < 1.29 is 24.2 Å². The molecule has 3 rings (SSSR count). The number of phenolic OH excluding ortho intramolecular Hbond substituents is 1. The van der Waals surface area contributed by atoms with Crippen LogP contribution in [0.15, 0.2) is 48.5 Å². The number of carbonyl (C=O) groups is 1. The molecule has 0 aliphatic rings. The molecule has 0 aliphatic carbocycles. The Morgan fingerprint density at radius 1 is 1.23 bits per heavy atom. The van der Waals surface area contributed by atoms with Crippen molar-refractivity contribution in [2.24, 2.45) is 0 Å². The summed E-state index contributed by atoms with van der Waals surface area (Å²) in [5.41, 5.74) is 8.80. The molecule has 0 unspecified atom stereocenters. The summed E-state index contributed by atoms with van der Waals surface area (Å²) in [5.74, 6) is 0.444. The molecular formula is C22H23N3O5. The number of aryl methyl sites for hydroxylation is 1. The van der Waals surface area contributed by atoms with Crippen LogP contribution in [0, 0.1) is 6.92 Å². The number of ether oxygens (including phenoxy) is 1. The number of hydrogen-bond acceptors (Lipinski definition) is 7. The number of aromatic hydroxyl groups is 1. The number of fused-ring (bicyclic) bond motifs is 1. The first-order valence-corrected chi connectivity index (χ1v) is 9.27. The summed E-state index contributed by atoms with van der Waals surface area (Å²) in [5, 5.41) is 13.2. The van der Waals surface area contributed by atoms with Crippen LogP contribution in [0.4, 0.5) is 5.69 Å². The third-order valence-electron chi connectivity index (χ3n) is 4.33. The summed E-state index contributed by atoms with van der Waals surface area (Å²) in [6.45, 7) is 4.17. The van der Waals surface area contributed by atoms with Crippen LogP contribution in [0.25, 0.3) is 10.9 Å². The highest BCUT2D eigenvalue weighted by molar-refractivity contribution is 5.96. The summed E-state index contributed by atoms with van der Waals surface area (Å²) < 4.78 is 5.97. The summed E-state index contributed by atoms with van der Waals surface area (Å²) >= 11 is 0. The number of phenols is 1. The summed E-state index contributed by atoms with van der Waals surface area (Å²) in [4.78, 5) is 33.1. The van der Waals surface area contributed by atoms with Crippen LogP contribution in [0.5, 0.6) is 11.5 Å². The van der Waals surface area contributed by atoms with Crippen molar-refractivity contribution in [2.75, 3.05) is 12.3 Å². The smallest absolute Gasteiger partial charge is 0.373 e. The van der Waals surface area contributed by atoms with E-state index in [9.17, 15) is 9.90 Å². The topological polar surface area (TPSA) is 132 Å². The van der Waals surface area contributed by atoms with Gasteiger partial charge >= 0.3 is 6.15 Å². The van der Waals surface area contributed by atoms with Crippen molar-refractivity contribution in [1.29, 1.82) is 0 Å². The molecule has 0 fully saturated rings. The fraction of sp³-hybridized carbons (Fsp3) is 0.227. The monoisotopic (exact) mass is 409 g/mol. The van der Waals surface area contributed by atoms with Crippen LogP contribution in [-0.4, -0.2) is 34.8 Å². The minimum absolute atomic E-state index is 0.0565. The van der Waals surface area contributed by atoms with Crippen LogP contribution in [-0.2, 0) is 9.59 Å². The highest BCUT2D eigenvalue weighted by atomic mass is 16.5. The first kappa shape index (κ1) is 22.4. The van der Waals surface area contributed by atoms with E-state index in [-0.39, 0.29) is 23.9 Å². The first-order chi connectivity index (χ1) is 14.4. The molecule has 1 heterocycles. The number of nitrogens with two attached hydrogens (primary N) is 1. The highest BCUT2D eigenvalue weighted by Gasteiger charge is 2.15. The van der Waals surface area contributed by atoms with Gasteiger partial charge in [0.2, 0.25) is 0 Å². The number of pyridine rings is 1. The van der Waals surface area contributed by atoms with Gasteiger partial charge in [-0.15, -0.1) is 0 Å². The zero-order valence-corrected chi connectivity index (χ0v) is 16.7. The van der Waals surface area contributed by atoms with Gasteiger partial charge in [0.15, 0.2) is 0 Å². The van der Waals surface area contributed by atoms with E-state index in [1.54, 1.807) is 12.1 Å². The van der Waals surface area contributed by atoms with E-state index in [1.807, 2.05) is 38.1 Å². The largest absolute Gasteiger partial charge is 0.508 e. The summed E-state index contributed by atoms with van der Waals surface area (Å²) in [6, 6.07) is 13.5. The molecule has 0 aliphatic heterocycles. The number of benzene rings is 2. The van der Waals surface area contributed by atoms with Gasteiger partial charge in [0.05, 0.1) is 16.9 Å². The predicted molar refractivity (Wildman–Crippen MR) is 111 cm³/mol. The van der Waals surface area contributed by atoms with Gasteiger partial charge in [0.25, 0.3) is 5.91 Å². The zero-order chi connectivity index (χ0) is 22.1. The average Bonchev–Trinajstić information content (AvgIpc) is 2.71. The number of rotatable bonds is 6. The van der Waals surface area contributed by atoms with Gasteiger partial charge in [0, 0.05) is 16.9 Å². The van der Waals surface area contributed by atoms with Crippen LogP contribution >= 0.6 is 0 Å². The van der Waals surface area contributed by atoms with Crippen molar-refractivity contribution in [3.05, 3.63) is 59.8 Å². The number of anilines is 1. The molecule has 30 heavy (non-hydrogen) atoms. The van der Waals surface area contributed by atoms with E-state index >= 15 is 0 Å². The normalized spacial score (nSPS) is 11.0. The standard InChI is InChI=1S/C21H23N3O3.CO2/c1-3-15(24-21(26)14-6-4-7-16(25)11-14)12-27-19-9-5-8-18-20(19)17(22)10-13(2)23-18;2-1-3/h4-11,15,25H,3,12H2,1-2H3,(H2,22,23)(H,24,26);/t15-;/m0./s1. The third kappa shape index (κ3) is 5.80. The summed E-state index contributed by atoms with van der Waals surface area (Å²) in [6.07, 6.45) is 0.947. The number of nitrogen functional groups attached to an aromatic ring is 1. The zero-order valence-electron chi connectivity index (χ0n) is 16.7. The molecule has 156 valence electrons. The molecule has 1 atom stereocenters. The third-order valence-corrected chi connectivity index (χ3v) is 4.33. The van der Waals surface area contributed by atoms with Crippen molar-refractivity contribution >= 4 is 28.6 Å². The van der Waals surface area contributed by atoms with Gasteiger partial charge in [-0.2, -0.15) is 9.59 Å². The van der Waals surface area contributed by atoms with Crippen LogP contribution in [0.1, 0.15) is 29.4 Å². The minimum Gasteiger partial charge on any atom is -0.508 e. The SMILES string of the molecule is CC[C@@H](COc1cccc2nc(C)cc(N)c12)NC(=O)c1cccc(O)c1.O=C=O. The van der Waals surface area contributed by atoms with Gasteiger partial charge in [-0.05, 0) is 49.7 Å². The van der Waals surface area contributed by atoms with E-state index in [1.165, 1.54) is 12.1 Å². The van der Waals surface area contributed by atoms with Gasteiger partial charge in [-0.25, -0.2) is 0 Å². The van der Waals surface area contributed by atoms with E-state index < -0.39 is 0 Å².